The maximum absolute atomic E-state index is 11.9. The number of carbonyl (C=O) groups is 1. The van der Waals surface area contributed by atoms with Crippen molar-refractivity contribution in [1.29, 1.82) is 0 Å². The molecule has 110 valence electrons. The van der Waals surface area contributed by atoms with Gasteiger partial charge in [-0.25, -0.2) is 0 Å². The van der Waals surface area contributed by atoms with E-state index in [1.165, 1.54) is 0 Å². The Labute approximate surface area is 119 Å². The summed E-state index contributed by atoms with van der Waals surface area (Å²) in [6.45, 7) is 5.75. The Bertz CT molecular complexity index is 500. The van der Waals surface area contributed by atoms with E-state index in [0.717, 1.165) is 12.8 Å². The van der Waals surface area contributed by atoms with Gasteiger partial charge >= 0.3 is 0 Å². The Morgan fingerprint density at radius 3 is 2.75 bits per heavy atom. The minimum atomic E-state index is -0.664. The molecule has 0 radical (unpaired) electrons. The number of amides is 1. The van der Waals surface area contributed by atoms with Crippen molar-refractivity contribution in [2.24, 2.45) is 5.73 Å². The molecule has 2 rings (SSSR count). The molecule has 1 aromatic rings. The van der Waals surface area contributed by atoms with Gasteiger partial charge in [0.25, 0.3) is 0 Å². The van der Waals surface area contributed by atoms with E-state index in [9.17, 15) is 4.79 Å². The number of unbranched alkanes of at least 4 members (excludes halogenated alkanes) is 1. The van der Waals surface area contributed by atoms with Crippen molar-refractivity contribution in [3.63, 3.8) is 0 Å². The van der Waals surface area contributed by atoms with Crippen molar-refractivity contribution in [2.75, 3.05) is 5.32 Å². The first kappa shape index (κ1) is 14.7. The number of ether oxygens (including phenoxy) is 2. The summed E-state index contributed by atoms with van der Waals surface area (Å²) >= 11 is 0. The normalized spacial score (nSPS) is 16.8. The molecule has 3 N–H and O–H groups in total. The molecule has 0 fully saturated rings. The molecule has 1 amide bonds. The van der Waals surface area contributed by atoms with Gasteiger partial charge in [0.05, 0.1) is 6.04 Å². The van der Waals surface area contributed by atoms with E-state index >= 15 is 0 Å². The first-order valence-corrected chi connectivity index (χ1v) is 7.00. The summed E-state index contributed by atoms with van der Waals surface area (Å²) in [5.41, 5.74) is 6.51. The third-order valence-electron chi connectivity index (χ3n) is 3.13. The number of anilines is 1. The number of carbonyl (C=O) groups excluding carboxylic acids is 1. The van der Waals surface area contributed by atoms with Crippen molar-refractivity contribution in [1.82, 2.24) is 0 Å². The molecule has 0 saturated heterocycles. The SMILES string of the molecule is CCCCC(N)C(=O)Nc1ccc2c(c1)OC(C)(C)O2. The summed E-state index contributed by atoms with van der Waals surface area (Å²) in [5.74, 6) is 0.484. The van der Waals surface area contributed by atoms with E-state index in [0.29, 0.717) is 23.6 Å². The fourth-order valence-corrected chi connectivity index (χ4v) is 2.09. The number of hydrogen-bond donors (Lipinski definition) is 2. The fraction of sp³-hybridized carbons (Fsp3) is 0.533. The number of nitrogens with one attached hydrogen (secondary N) is 1. The first-order chi connectivity index (χ1) is 9.41. The monoisotopic (exact) mass is 278 g/mol. The van der Waals surface area contributed by atoms with Crippen LogP contribution in [0.25, 0.3) is 0 Å². The van der Waals surface area contributed by atoms with Crippen LogP contribution in [0.1, 0.15) is 40.0 Å². The van der Waals surface area contributed by atoms with Gasteiger partial charge in [0.15, 0.2) is 11.5 Å². The molecule has 0 saturated carbocycles. The highest BCUT2D eigenvalue weighted by Gasteiger charge is 2.31. The Kier molecular flexibility index (Phi) is 4.18. The van der Waals surface area contributed by atoms with E-state index in [1.54, 1.807) is 18.2 Å². The summed E-state index contributed by atoms with van der Waals surface area (Å²) in [6, 6.07) is 4.86. The predicted octanol–water partition coefficient (Wildman–Crippen LogP) is 2.65. The predicted molar refractivity (Wildman–Crippen MR) is 77.9 cm³/mol. The Morgan fingerprint density at radius 2 is 2.05 bits per heavy atom. The van der Waals surface area contributed by atoms with Crippen LogP contribution in [-0.2, 0) is 4.79 Å². The highest BCUT2D eigenvalue weighted by Crippen LogP contribution is 2.40. The van der Waals surface area contributed by atoms with Crippen LogP contribution >= 0.6 is 0 Å². The lowest BCUT2D eigenvalue weighted by Gasteiger charge is -2.16. The van der Waals surface area contributed by atoms with Crippen LogP contribution in [0.4, 0.5) is 5.69 Å². The second kappa shape index (κ2) is 5.71. The fourth-order valence-electron chi connectivity index (χ4n) is 2.09. The van der Waals surface area contributed by atoms with E-state index in [1.807, 2.05) is 13.8 Å². The molecular weight excluding hydrogens is 256 g/mol. The van der Waals surface area contributed by atoms with Crippen molar-refractivity contribution >= 4 is 11.6 Å². The third kappa shape index (κ3) is 3.42. The summed E-state index contributed by atoms with van der Waals surface area (Å²) in [4.78, 5) is 11.9. The summed E-state index contributed by atoms with van der Waals surface area (Å²) < 4.78 is 11.2. The zero-order chi connectivity index (χ0) is 14.8. The van der Waals surface area contributed by atoms with Crippen LogP contribution in [0.15, 0.2) is 18.2 Å². The van der Waals surface area contributed by atoms with E-state index in [2.05, 4.69) is 12.2 Å². The van der Waals surface area contributed by atoms with Gasteiger partial charge in [0.2, 0.25) is 11.7 Å². The average Bonchev–Trinajstić information content (AvgIpc) is 2.68. The Hall–Kier alpha value is -1.75. The quantitative estimate of drug-likeness (QED) is 0.868. The Balaban J connectivity index is 2.00. The minimum Gasteiger partial charge on any atom is -0.449 e. The van der Waals surface area contributed by atoms with Gasteiger partial charge in [-0.1, -0.05) is 19.8 Å². The van der Waals surface area contributed by atoms with Crippen LogP contribution in [-0.4, -0.2) is 17.7 Å². The molecule has 0 aliphatic carbocycles. The highest BCUT2D eigenvalue weighted by molar-refractivity contribution is 5.94. The maximum atomic E-state index is 11.9. The van der Waals surface area contributed by atoms with Crippen LogP contribution in [0.2, 0.25) is 0 Å². The molecule has 0 bridgehead atoms. The lowest BCUT2D eigenvalue weighted by Crippen LogP contribution is -2.35. The van der Waals surface area contributed by atoms with Gasteiger partial charge in [0, 0.05) is 25.6 Å². The van der Waals surface area contributed by atoms with Crippen LogP contribution in [0.5, 0.6) is 11.5 Å². The highest BCUT2D eigenvalue weighted by atomic mass is 16.7. The van der Waals surface area contributed by atoms with Gasteiger partial charge in [-0.05, 0) is 18.6 Å². The number of fused-ring (bicyclic) bond motifs is 1. The molecule has 1 unspecified atom stereocenters. The third-order valence-corrected chi connectivity index (χ3v) is 3.13. The molecule has 20 heavy (non-hydrogen) atoms. The summed E-state index contributed by atoms with van der Waals surface area (Å²) in [7, 11) is 0. The molecule has 0 spiro atoms. The number of nitrogens with two attached hydrogens (primary N) is 1. The number of hydrogen-bond acceptors (Lipinski definition) is 4. The van der Waals surface area contributed by atoms with Crippen LogP contribution < -0.4 is 20.5 Å². The summed E-state index contributed by atoms with van der Waals surface area (Å²) in [5, 5.41) is 2.81. The molecule has 5 nitrogen and oxygen atoms in total. The van der Waals surface area contributed by atoms with Gasteiger partial charge in [-0.2, -0.15) is 0 Å². The lowest BCUT2D eigenvalue weighted by molar-refractivity contribution is -0.117. The molecule has 1 heterocycles. The van der Waals surface area contributed by atoms with Crippen LogP contribution in [0, 0.1) is 0 Å². The number of rotatable bonds is 5. The topological polar surface area (TPSA) is 73.6 Å². The molecule has 5 heteroatoms. The second-order valence-electron chi connectivity index (χ2n) is 5.50. The molecule has 1 atom stereocenters. The molecule has 0 aromatic heterocycles. The zero-order valence-electron chi connectivity index (χ0n) is 12.2. The van der Waals surface area contributed by atoms with Gasteiger partial charge in [-0.3, -0.25) is 4.79 Å². The van der Waals surface area contributed by atoms with Crippen molar-refractivity contribution < 1.29 is 14.3 Å². The lowest BCUT2D eigenvalue weighted by atomic mass is 10.1. The van der Waals surface area contributed by atoms with Crippen molar-refractivity contribution in [2.45, 2.75) is 51.9 Å². The minimum absolute atomic E-state index is 0.170. The van der Waals surface area contributed by atoms with E-state index in [-0.39, 0.29) is 5.91 Å². The number of benzene rings is 1. The van der Waals surface area contributed by atoms with Gasteiger partial charge in [-0.15, -0.1) is 0 Å². The van der Waals surface area contributed by atoms with Gasteiger partial charge < -0.3 is 20.5 Å². The smallest absolute Gasteiger partial charge is 0.246 e. The maximum Gasteiger partial charge on any atom is 0.246 e. The van der Waals surface area contributed by atoms with E-state index < -0.39 is 11.8 Å². The molecule has 1 aliphatic rings. The van der Waals surface area contributed by atoms with Crippen molar-refractivity contribution in [3.05, 3.63) is 18.2 Å². The van der Waals surface area contributed by atoms with E-state index in [4.69, 9.17) is 15.2 Å². The van der Waals surface area contributed by atoms with Crippen LogP contribution in [0.3, 0.4) is 0 Å². The molecule has 1 aliphatic heterocycles. The zero-order valence-corrected chi connectivity index (χ0v) is 12.2. The molecular formula is C15H22N2O3. The van der Waals surface area contributed by atoms with Crippen molar-refractivity contribution in [3.8, 4) is 11.5 Å². The Morgan fingerprint density at radius 1 is 1.35 bits per heavy atom. The summed E-state index contributed by atoms with van der Waals surface area (Å²) in [6.07, 6.45) is 2.67. The first-order valence-electron chi connectivity index (χ1n) is 7.00. The largest absolute Gasteiger partial charge is 0.449 e. The second-order valence-corrected chi connectivity index (χ2v) is 5.50. The molecule has 1 aromatic carbocycles. The standard InChI is InChI=1S/C15H22N2O3/c1-4-5-6-11(16)14(18)17-10-7-8-12-13(9-10)20-15(2,3)19-12/h7-9,11H,4-6,16H2,1-3H3,(H,17,18). The average molecular weight is 278 g/mol. The van der Waals surface area contributed by atoms with Gasteiger partial charge in [0.1, 0.15) is 0 Å².